The van der Waals surface area contributed by atoms with Gasteiger partial charge in [0.15, 0.2) is 0 Å². The van der Waals surface area contributed by atoms with Gasteiger partial charge < -0.3 is 16.0 Å². The molecule has 0 bridgehead atoms. The van der Waals surface area contributed by atoms with E-state index in [0.717, 1.165) is 26.1 Å². The molecule has 12 heavy (non-hydrogen) atoms. The Bertz CT molecular complexity index is 230. The van der Waals surface area contributed by atoms with Crippen molar-refractivity contribution in [3.05, 3.63) is 11.9 Å². The minimum atomic E-state index is -0.169. The number of hydrogen-bond donors (Lipinski definition) is 2. The fourth-order valence-electron chi connectivity index (χ4n) is 1.60. The van der Waals surface area contributed by atoms with Crippen LogP contribution in [0, 0.1) is 5.92 Å². The average Bonchev–Trinajstić information content (AvgIpc) is 2.34. The molecule has 0 atom stereocenters. The number of carbonyl (C=O) groups excluding carboxylic acids is 1. The molecule has 0 radical (unpaired) electrons. The van der Waals surface area contributed by atoms with Gasteiger partial charge in [-0.05, 0) is 0 Å². The molecule has 0 aromatic carbocycles. The Kier molecular flexibility index (Phi) is 1.67. The smallest absolute Gasteiger partial charge is 0.224 e. The minimum Gasteiger partial charge on any atom is -0.389 e. The van der Waals surface area contributed by atoms with Crippen LogP contribution in [0.2, 0.25) is 0 Å². The fourth-order valence-corrected chi connectivity index (χ4v) is 1.60. The number of hydrogen-bond acceptors (Lipinski definition) is 3. The summed E-state index contributed by atoms with van der Waals surface area (Å²) in [6, 6.07) is 0. The Morgan fingerprint density at radius 3 is 2.92 bits per heavy atom. The molecule has 0 spiro atoms. The average molecular weight is 167 g/mol. The maximum Gasteiger partial charge on any atom is 0.224 e. The third-order valence-corrected chi connectivity index (χ3v) is 2.48. The third-order valence-electron chi connectivity index (χ3n) is 2.48. The van der Waals surface area contributed by atoms with E-state index in [9.17, 15) is 4.79 Å². The Balaban J connectivity index is 1.84. The number of likely N-dealkylation sites (tertiary alicyclic amines) is 1. The van der Waals surface area contributed by atoms with Crippen molar-refractivity contribution in [2.24, 2.45) is 11.7 Å². The van der Waals surface area contributed by atoms with E-state index in [2.05, 4.69) is 10.2 Å². The van der Waals surface area contributed by atoms with Crippen molar-refractivity contribution in [2.75, 3.05) is 19.6 Å². The zero-order valence-corrected chi connectivity index (χ0v) is 6.92. The summed E-state index contributed by atoms with van der Waals surface area (Å²) in [6.45, 7) is 2.64. The molecular formula is C8H13N3O. The lowest BCUT2D eigenvalue weighted by molar-refractivity contribution is -0.125. The summed E-state index contributed by atoms with van der Waals surface area (Å²) in [7, 11) is 0. The lowest BCUT2D eigenvalue weighted by Gasteiger charge is -2.39. The third kappa shape index (κ3) is 1.13. The molecule has 0 aromatic heterocycles. The van der Waals surface area contributed by atoms with Crippen molar-refractivity contribution in [3.8, 4) is 0 Å². The normalized spacial score (nSPS) is 23.0. The molecule has 4 nitrogen and oxygen atoms in total. The molecule has 0 unspecified atom stereocenters. The van der Waals surface area contributed by atoms with Crippen molar-refractivity contribution in [1.29, 1.82) is 0 Å². The Hall–Kier alpha value is -1.19. The highest BCUT2D eigenvalue weighted by Crippen LogP contribution is 2.23. The maximum atomic E-state index is 10.7. The van der Waals surface area contributed by atoms with E-state index >= 15 is 0 Å². The number of amides is 1. The summed E-state index contributed by atoms with van der Waals surface area (Å²) >= 11 is 0. The molecule has 2 rings (SSSR count). The Morgan fingerprint density at radius 2 is 2.42 bits per heavy atom. The first-order valence-electron chi connectivity index (χ1n) is 4.24. The van der Waals surface area contributed by atoms with Gasteiger partial charge in [-0.15, -0.1) is 0 Å². The molecule has 2 aliphatic rings. The quantitative estimate of drug-likeness (QED) is 0.568. The molecule has 1 saturated heterocycles. The van der Waals surface area contributed by atoms with Gasteiger partial charge in [-0.3, -0.25) is 4.79 Å². The van der Waals surface area contributed by atoms with Gasteiger partial charge in [0.2, 0.25) is 5.91 Å². The van der Waals surface area contributed by atoms with Gasteiger partial charge in [0.1, 0.15) is 0 Å². The highest BCUT2D eigenvalue weighted by atomic mass is 16.1. The van der Waals surface area contributed by atoms with E-state index in [1.54, 1.807) is 0 Å². The molecular weight excluding hydrogens is 154 g/mol. The second-order valence-electron chi connectivity index (χ2n) is 3.34. The predicted molar refractivity (Wildman–Crippen MR) is 45.0 cm³/mol. The molecule has 2 aliphatic heterocycles. The minimum absolute atomic E-state index is 0.0755. The highest BCUT2D eigenvalue weighted by Gasteiger charge is 2.32. The van der Waals surface area contributed by atoms with E-state index in [1.807, 2.05) is 6.20 Å². The van der Waals surface area contributed by atoms with E-state index in [4.69, 9.17) is 5.73 Å². The predicted octanol–water partition coefficient (Wildman–Crippen LogP) is -0.762. The van der Waals surface area contributed by atoms with Crippen LogP contribution in [0.1, 0.15) is 6.42 Å². The maximum absolute atomic E-state index is 10.7. The van der Waals surface area contributed by atoms with Gasteiger partial charge in [0.25, 0.3) is 0 Å². The van der Waals surface area contributed by atoms with Gasteiger partial charge in [0.05, 0.1) is 5.92 Å². The molecule has 3 N–H and O–H groups in total. The van der Waals surface area contributed by atoms with Crippen LogP contribution < -0.4 is 11.1 Å². The molecule has 1 amide bonds. The highest BCUT2D eigenvalue weighted by molar-refractivity contribution is 5.78. The fraction of sp³-hybridized carbons (Fsp3) is 0.625. The van der Waals surface area contributed by atoms with Crippen molar-refractivity contribution < 1.29 is 4.79 Å². The first-order chi connectivity index (χ1) is 5.77. The van der Waals surface area contributed by atoms with Gasteiger partial charge in [-0.1, -0.05) is 0 Å². The van der Waals surface area contributed by atoms with Gasteiger partial charge in [-0.25, -0.2) is 0 Å². The second kappa shape index (κ2) is 2.69. The number of primary amides is 1. The standard InChI is InChI=1S/C8H13N3O/c9-8(12)6-4-11(5-6)7-1-2-10-3-7/h3,6,10H,1-2,4-5H2,(H2,9,12). The summed E-state index contributed by atoms with van der Waals surface area (Å²) < 4.78 is 0. The lowest BCUT2D eigenvalue weighted by Crippen LogP contribution is -2.51. The Morgan fingerprint density at radius 1 is 1.67 bits per heavy atom. The second-order valence-corrected chi connectivity index (χ2v) is 3.34. The number of rotatable bonds is 2. The van der Waals surface area contributed by atoms with Crippen LogP contribution >= 0.6 is 0 Å². The number of nitrogens with zero attached hydrogens (tertiary/aromatic N) is 1. The van der Waals surface area contributed by atoms with Gasteiger partial charge >= 0.3 is 0 Å². The summed E-state index contributed by atoms with van der Waals surface area (Å²) in [6.07, 6.45) is 3.10. The van der Waals surface area contributed by atoms with Crippen molar-refractivity contribution >= 4 is 5.91 Å². The van der Waals surface area contributed by atoms with Crippen LogP contribution in [0.5, 0.6) is 0 Å². The summed E-state index contributed by atoms with van der Waals surface area (Å²) in [4.78, 5) is 12.9. The molecule has 0 aliphatic carbocycles. The number of carbonyl (C=O) groups is 1. The number of nitrogens with one attached hydrogen (secondary N) is 1. The van der Waals surface area contributed by atoms with E-state index in [-0.39, 0.29) is 11.8 Å². The zero-order valence-electron chi connectivity index (χ0n) is 6.92. The topological polar surface area (TPSA) is 58.4 Å². The lowest BCUT2D eigenvalue weighted by atomic mass is 9.98. The molecule has 1 fully saturated rings. The van der Waals surface area contributed by atoms with E-state index < -0.39 is 0 Å². The van der Waals surface area contributed by atoms with Gasteiger partial charge in [0, 0.05) is 38.0 Å². The van der Waals surface area contributed by atoms with Crippen LogP contribution in [-0.2, 0) is 4.79 Å². The van der Waals surface area contributed by atoms with Crippen LogP contribution in [0.4, 0.5) is 0 Å². The van der Waals surface area contributed by atoms with Crippen LogP contribution in [0.25, 0.3) is 0 Å². The van der Waals surface area contributed by atoms with Crippen LogP contribution in [0.3, 0.4) is 0 Å². The summed E-state index contributed by atoms with van der Waals surface area (Å²) in [5.74, 6) is -0.0932. The Labute approximate surface area is 71.4 Å². The zero-order chi connectivity index (χ0) is 8.55. The van der Waals surface area contributed by atoms with Crippen LogP contribution in [-0.4, -0.2) is 30.4 Å². The van der Waals surface area contributed by atoms with E-state index in [1.165, 1.54) is 5.70 Å². The van der Waals surface area contributed by atoms with E-state index in [0.29, 0.717) is 0 Å². The number of nitrogens with two attached hydrogens (primary N) is 1. The largest absolute Gasteiger partial charge is 0.389 e. The molecule has 66 valence electrons. The monoisotopic (exact) mass is 167 g/mol. The molecule has 0 aromatic rings. The van der Waals surface area contributed by atoms with Crippen molar-refractivity contribution in [2.45, 2.75) is 6.42 Å². The molecule has 2 heterocycles. The van der Waals surface area contributed by atoms with Crippen LogP contribution in [0.15, 0.2) is 11.9 Å². The molecule has 0 saturated carbocycles. The first-order valence-corrected chi connectivity index (χ1v) is 4.24. The first kappa shape index (κ1) is 7.46. The van der Waals surface area contributed by atoms with Crippen molar-refractivity contribution in [3.63, 3.8) is 0 Å². The summed E-state index contributed by atoms with van der Waals surface area (Å²) in [5, 5.41) is 3.15. The van der Waals surface area contributed by atoms with Crippen molar-refractivity contribution in [1.82, 2.24) is 10.2 Å². The SMILES string of the molecule is NC(=O)C1CN(C2=CNCC2)C1. The molecule has 4 heteroatoms. The van der Waals surface area contributed by atoms with Gasteiger partial charge in [-0.2, -0.15) is 0 Å². The summed E-state index contributed by atoms with van der Waals surface area (Å²) in [5.41, 5.74) is 6.47.